The van der Waals surface area contributed by atoms with Gasteiger partial charge >= 0.3 is 0 Å². The van der Waals surface area contributed by atoms with Crippen molar-refractivity contribution in [2.24, 2.45) is 0 Å². The van der Waals surface area contributed by atoms with E-state index in [0.29, 0.717) is 11.3 Å². The highest BCUT2D eigenvalue weighted by Gasteiger charge is 2.17. The van der Waals surface area contributed by atoms with Crippen molar-refractivity contribution in [3.05, 3.63) is 42.0 Å². The molecule has 1 aliphatic rings. The van der Waals surface area contributed by atoms with E-state index in [-0.39, 0.29) is 11.8 Å². The van der Waals surface area contributed by atoms with Crippen LogP contribution in [0, 0.1) is 0 Å². The molecule has 1 fully saturated rings. The second-order valence-electron chi connectivity index (χ2n) is 5.23. The molecule has 1 N–H and O–H groups in total. The summed E-state index contributed by atoms with van der Waals surface area (Å²) in [6, 6.07) is 7.09. The highest BCUT2D eigenvalue weighted by Crippen LogP contribution is 2.15. The summed E-state index contributed by atoms with van der Waals surface area (Å²) in [6.07, 6.45) is 7.54. The summed E-state index contributed by atoms with van der Waals surface area (Å²) >= 11 is 0. The van der Waals surface area contributed by atoms with Crippen LogP contribution in [0.5, 0.6) is 0 Å². The molecule has 2 rings (SSSR count). The van der Waals surface area contributed by atoms with Crippen LogP contribution in [0.15, 0.2) is 36.4 Å². The van der Waals surface area contributed by atoms with Crippen LogP contribution in [-0.4, -0.2) is 29.8 Å². The molecule has 1 aromatic carbocycles. The molecule has 0 aliphatic carbocycles. The Morgan fingerprint density at radius 3 is 2.43 bits per heavy atom. The van der Waals surface area contributed by atoms with E-state index in [0.717, 1.165) is 32.4 Å². The lowest BCUT2D eigenvalue weighted by Gasteiger charge is -2.26. The maximum absolute atomic E-state index is 12.3. The number of benzene rings is 1. The predicted octanol–water partition coefficient (Wildman–Crippen LogP) is 3.22. The first-order chi connectivity index (χ1) is 10.2. The predicted molar refractivity (Wildman–Crippen MR) is 84.3 cm³/mol. The first-order valence-corrected chi connectivity index (χ1v) is 7.57. The molecule has 0 radical (unpaired) electrons. The minimum atomic E-state index is -0.146. The van der Waals surface area contributed by atoms with Crippen LogP contribution < -0.4 is 5.32 Å². The lowest BCUT2D eigenvalue weighted by Crippen LogP contribution is -2.35. The van der Waals surface area contributed by atoms with Crippen molar-refractivity contribution in [3.8, 4) is 0 Å². The summed E-state index contributed by atoms with van der Waals surface area (Å²) in [6.45, 7) is 3.67. The molecule has 1 aliphatic heterocycles. The van der Waals surface area contributed by atoms with Crippen LogP contribution in [0.3, 0.4) is 0 Å². The van der Waals surface area contributed by atoms with Gasteiger partial charge in [-0.15, -0.1) is 0 Å². The van der Waals surface area contributed by atoms with Gasteiger partial charge in [0.25, 0.3) is 5.91 Å². The summed E-state index contributed by atoms with van der Waals surface area (Å²) < 4.78 is 0. The van der Waals surface area contributed by atoms with Crippen molar-refractivity contribution in [2.45, 2.75) is 32.6 Å². The lowest BCUT2D eigenvalue weighted by atomic mass is 10.1. The maximum Gasteiger partial charge on any atom is 0.253 e. The number of piperidine rings is 1. The van der Waals surface area contributed by atoms with E-state index >= 15 is 0 Å². The second-order valence-corrected chi connectivity index (χ2v) is 5.23. The molecule has 2 amide bonds. The Bertz CT molecular complexity index is 514. The molecule has 0 saturated carbocycles. The van der Waals surface area contributed by atoms with Crippen LogP contribution in [0.4, 0.5) is 5.69 Å². The summed E-state index contributed by atoms with van der Waals surface area (Å²) in [5.41, 5.74) is 1.38. The van der Waals surface area contributed by atoms with E-state index in [2.05, 4.69) is 5.32 Å². The summed E-state index contributed by atoms with van der Waals surface area (Å²) in [5, 5.41) is 2.77. The summed E-state index contributed by atoms with van der Waals surface area (Å²) in [4.78, 5) is 25.8. The number of carbonyl (C=O) groups excluding carboxylic acids is 2. The molecule has 0 aromatic heterocycles. The van der Waals surface area contributed by atoms with E-state index in [1.165, 1.54) is 12.5 Å². The smallest absolute Gasteiger partial charge is 0.253 e. The minimum absolute atomic E-state index is 0.0819. The van der Waals surface area contributed by atoms with Crippen molar-refractivity contribution >= 4 is 17.5 Å². The first-order valence-electron chi connectivity index (χ1n) is 7.57. The average Bonchev–Trinajstić information content (AvgIpc) is 2.54. The normalized spacial score (nSPS) is 15.2. The SMILES string of the molecule is CC/C=C/C(=O)Nc1ccc(C(=O)N2CCCCC2)cc1. The quantitative estimate of drug-likeness (QED) is 0.864. The number of anilines is 1. The van der Waals surface area contributed by atoms with Crippen LogP contribution in [-0.2, 0) is 4.79 Å². The first kappa shape index (κ1) is 15.3. The molecule has 1 aromatic rings. The zero-order valence-electron chi connectivity index (χ0n) is 12.5. The highest BCUT2D eigenvalue weighted by molar-refractivity contribution is 6.00. The van der Waals surface area contributed by atoms with E-state index in [4.69, 9.17) is 0 Å². The van der Waals surface area contributed by atoms with Gasteiger partial charge < -0.3 is 10.2 Å². The number of likely N-dealkylation sites (tertiary alicyclic amines) is 1. The molecule has 0 unspecified atom stereocenters. The van der Waals surface area contributed by atoms with E-state index in [1.807, 2.05) is 17.9 Å². The van der Waals surface area contributed by atoms with Gasteiger partial charge in [0.05, 0.1) is 0 Å². The Hall–Kier alpha value is -2.10. The molecule has 21 heavy (non-hydrogen) atoms. The Morgan fingerprint density at radius 2 is 1.81 bits per heavy atom. The fourth-order valence-corrected chi connectivity index (χ4v) is 2.38. The summed E-state index contributed by atoms with van der Waals surface area (Å²) in [5.74, 6) is -0.0644. The van der Waals surface area contributed by atoms with Crippen molar-refractivity contribution in [2.75, 3.05) is 18.4 Å². The second kappa shape index (κ2) is 7.62. The largest absolute Gasteiger partial charge is 0.339 e. The third-order valence-corrected chi connectivity index (χ3v) is 3.55. The highest BCUT2D eigenvalue weighted by atomic mass is 16.2. The van der Waals surface area contributed by atoms with Crippen LogP contribution in [0.1, 0.15) is 43.0 Å². The Kier molecular flexibility index (Phi) is 5.55. The van der Waals surface area contributed by atoms with Crippen LogP contribution >= 0.6 is 0 Å². The van der Waals surface area contributed by atoms with Crippen molar-refractivity contribution in [1.29, 1.82) is 0 Å². The minimum Gasteiger partial charge on any atom is -0.339 e. The van der Waals surface area contributed by atoms with Gasteiger partial charge in [-0.1, -0.05) is 13.0 Å². The van der Waals surface area contributed by atoms with Gasteiger partial charge in [0, 0.05) is 24.3 Å². The molecule has 112 valence electrons. The van der Waals surface area contributed by atoms with E-state index < -0.39 is 0 Å². The Balaban J connectivity index is 1.96. The topological polar surface area (TPSA) is 49.4 Å². The summed E-state index contributed by atoms with van der Waals surface area (Å²) in [7, 11) is 0. The van der Waals surface area contributed by atoms with Crippen LogP contribution in [0.25, 0.3) is 0 Å². The van der Waals surface area contributed by atoms with Crippen molar-refractivity contribution in [3.63, 3.8) is 0 Å². The zero-order chi connectivity index (χ0) is 15.1. The fourth-order valence-electron chi connectivity index (χ4n) is 2.38. The molecule has 0 spiro atoms. The van der Waals surface area contributed by atoms with Crippen molar-refractivity contribution in [1.82, 2.24) is 4.90 Å². The zero-order valence-corrected chi connectivity index (χ0v) is 12.5. The average molecular weight is 286 g/mol. The number of allylic oxidation sites excluding steroid dienone is 1. The molecule has 4 nitrogen and oxygen atoms in total. The fraction of sp³-hybridized carbons (Fsp3) is 0.412. The third-order valence-electron chi connectivity index (χ3n) is 3.55. The van der Waals surface area contributed by atoms with Crippen LogP contribution in [0.2, 0.25) is 0 Å². The van der Waals surface area contributed by atoms with Gasteiger partial charge in [-0.05, 0) is 56.0 Å². The van der Waals surface area contributed by atoms with Crippen molar-refractivity contribution < 1.29 is 9.59 Å². The molecular formula is C17H22N2O2. The Morgan fingerprint density at radius 1 is 1.14 bits per heavy atom. The van der Waals surface area contributed by atoms with Gasteiger partial charge in [0.15, 0.2) is 0 Å². The maximum atomic E-state index is 12.3. The molecule has 1 heterocycles. The molecule has 0 atom stereocenters. The van der Waals surface area contributed by atoms with E-state index in [1.54, 1.807) is 24.3 Å². The molecule has 1 saturated heterocycles. The standard InChI is InChI=1S/C17H22N2O2/c1-2-3-7-16(20)18-15-10-8-14(9-11-15)17(21)19-12-5-4-6-13-19/h3,7-11H,2,4-6,12-13H2,1H3,(H,18,20)/b7-3+. The molecular weight excluding hydrogens is 264 g/mol. The number of hydrogen-bond donors (Lipinski definition) is 1. The van der Waals surface area contributed by atoms with Gasteiger partial charge in [-0.3, -0.25) is 9.59 Å². The number of amides is 2. The van der Waals surface area contributed by atoms with Gasteiger partial charge in [0.2, 0.25) is 5.91 Å². The lowest BCUT2D eigenvalue weighted by molar-refractivity contribution is -0.111. The number of rotatable bonds is 4. The monoisotopic (exact) mass is 286 g/mol. The number of nitrogens with one attached hydrogen (secondary N) is 1. The Labute approximate surface area is 125 Å². The van der Waals surface area contributed by atoms with E-state index in [9.17, 15) is 9.59 Å². The number of carbonyl (C=O) groups is 2. The molecule has 0 bridgehead atoms. The van der Waals surface area contributed by atoms with Gasteiger partial charge in [0.1, 0.15) is 0 Å². The number of hydrogen-bond acceptors (Lipinski definition) is 2. The van der Waals surface area contributed by atoms with Gasteiger partial charge in [-0.25, -0.2) is 0 Å². The third kappa shape index (κ3) is 4.45. The number of nitrogens with zero attached hydrogens (tertiary/aromatic N) is 1. The van der Waals surface area contributed by atoms with Gasteiger partial charge in [-0.2, -0.15) is 0 Å². The molecule has 4 heteroatoms.